The van der Waals surface area contributed by atoms with Crippen molar-refractivity contribution < 1.29 is 9.63 Å². The molecule has 0 atom stereocenters. The molecule has 3 heteroatoms. The fourth-order valence-corrected chi connectivity index (χ4v) is 1.50. The number of anilines is 1. The van der Waals surface area contributed by atoms with E-state index in [0.29, 0.717) is 16.8 Å². The van der Waals surface area contributed by atoms with E-state index in [1.54, 1.807) is 48.5 Å². The number of hydrogen-bond donors (Lipinski definition) is 1. The minimum absolute atomic E-state index is 0.414. The zero-order valence-electron chi connectivity index (χ0n) is 10.6. The second-order valence-electron chi connectivity index (χ2n) is 3.93. The molecular weight excluding hydrogens is 250 g/mol. The Morgan fingerprint density at radius 3 is 1.90 bits per heavy atom. The highest BCUT2D eigenvalue weighted by Gasteiger charge is 2.07. The van der Waals surface area contributed by atoms with Crippen LogP contribution in [0.15, 0.2) is 48.5 Å². The molecule has 2 rings (SSSR count). The van der Waals surface area contributed by atoms with E-state index >= 15 is 0 Å². The Morgan fingerprint density at radius 1 is 0.900 bits per heavy atom. The molecule has 20 heavy (non-hydrogen) atoms. The Balaban J connectivity index is 1.97. The third kappa shape index (κ3) is 3.19. The van der Waals surface area contributed by atoms with Gasteiger partial charge in [0.05, 0.1) is 11.3 Å². The summed E-state index contributed by atoms with van der Waals surface area (Å²) in [6, 6.07) is 13.5. The topological polar surface area (TPSA) is 38.3 Å². The summed E-state index contributed by atoms with van der Waals surface area (Å²) in [5, 5.41) is 0. The van der Waals surface area contributed by atoms with Crippen molar-refractivity contribution in [3.05, 3.63) is 65.2 Å². The van der Waals surface area contributed by atoms with Gasteiger partial charge in [-0.05, 0) is 48.5 Å². The van der Waals surface area contributed by atoms with Crippen LogP contribution >= 0.6 is 0 Å². The smallest absolute Gasteiger partial charge is 0.338 e. The molecule has 0 aromatic heterocycles. The van der Waals surface area contributed by atoms with Crippen LogP contribution in [0.3, 0.4) is 0 Å². The molecule has 1 N–H and O–H groups in total. The fraction of sp³-hybridized carbons (Fsp3) is 0. The van der Waals surface area contributed by atoms with Crippen LogP contribution in [0, 0.1) is 24.7 Å². The van der Waals surface area contributed by atoms with E-state index in [1.165, 1.54) is 0 Å². The van der Waals surface area contributed by atoms with E-state index < -0.39 is 5.97 Å². The number of carbonyl (C=O) groups is 1. The van der Waals surface area contributed by atoms with Crippen molar-refractivity contribution in [2.75, 3.05) is 5.48 Å². The molecule has 0 fully saturated rings. The molecule has 0 aliphatic carbocycles. The lowest BCUT2D eigenvalue weighted by Crippen LogP contribution is -2.10. The van der Waals surface area contributed by atoms with Crippen LogP contribution in [0.4, 0.5) is 5.69 Å². The van der Waals surface area contributed by atoms with Crippen molar-refractivity contribution in [1.29, 1.82) is 0 Å². The molecule has 0 radical (unpaired) electrons. The first kappa shape index (κ1) is 13.3. The molecule has 96 valence electrons. The highest BCUT2D eigenvalue weighted by Crippen LogP contribution is 2.10. The van der Waals surface area contributed by atoms with Crippen molar-refractivity contribution in [3.8, 4) is 24.7 Å². The average Bonchev–Trinajstić information content (AvgIpc) is 2.53. The molecule has 0 bridgehead atoms. The van der Waals surface area contributed by atoms with Gasteiger partial charge in [0.2, 0.25) is 0 Å². The molecule has 0 spiro atoms. The highest BCUT2D eigenvalue weighted by molar-refractivity contribution is 5.90. The van der Waals surface area contributed by atoms with Gasteiger partial charge in [-0.2, -0.15) is 0 Å². The summed E-state index contributed by atoms with van der Waals surface area (Å²) in [7, 11) is 0. The van der Waals surface area contributed by atoms with Gasteiger partial charge >= 0.3 is 5.97 Å². The lowest BCUT2D eigenvalue weighted by molar-refractivity contribution is 0.0596. The van der Waals surface area contributed by atoms with Crippen LogP contribution in [0.5, 0.6) is 0 Å². The normalized spacial score (nSPS) is 9.10. The predicted molar refractivity (Wildman–Crippen MR) is 77.8 cm³/mol. The largest absolute Gasteiger partial charge is 0.362 e. The number of terminal acetylenes is 2. The summed E-state index contributed by atoms with van der Waals surface area (Å²) in [5.74, 6) is 4.49. The number of nitrogens with one attached hydrogen (secondary N) is 1. The molecule has 0 heterocycles. The third-order valence-corrected chi connectivity index (χ3v) is 2.60. The lowest BCUT2D eigenvalue weighted by atomic mass is 10.1. The molecule has 0 unspecified atom stereocenters. The Morgan fingerprint density at radius 2 is 1.40 bits per heavy atom. The van der Waals surface area contributed by atoms with E-state index in [0.717, 1.165) is 5.56 Å². The Kier molecular flexibility index (Phi) is 4.07. The lowest BCUT2D eigenvalue weighted by Gasteiger charge is -2.06. The van der Waals surface area contributed by atoms with Gasteiger partial charge in [0.15, 0.2) is 0 Å². The van der Waals surface area contributed by atoms with Crippen molar-refractivity contribution in [3.63, 3.8) is 0 Å². The molecule has 0 aliphatic heterocycles. The number of benzene rings is 2. The Hall–Kier alpha value is -3.17. The Bertz CT molecular complexity index is 686. The third-order valence-electron chi connectivity index (χ3n) is 2.60. The maximum Gasteiger partial charge on any atom is 0.362 e. The minimum atomic E-state index is -0.491. The number of rotatable bonds is 3. The fourth-order valence-electron chi connectivity index (χ4n) is 1.50. The van der Waals surface area contributed by atoms with Crippen molar-refractivity contribution in [1.82, 2.24) is 0 Å². The summed E-state index contributed by atoms with van der Waals surface area (Å²) >= 11 is 0. The van der Waals surface area contributed by atoms with Crippen molar-refractivity contribution in [2.45, 2.75) is 0 Å². The van der Waals surface area contributed by atoms with Gasteiger partial charge in [-0.3, -0.25) is 0 Å². The van der Waals surface area contributed by atoms with Crippen LogP contribution in [-0.4, -0.2) is 5.97 Å². The van der Waals surface area contributed by atoms with Crippen molar-refractivity contribution in [2.24, 2.45) is 0 Å². The van der Waals surface area contributed by atoms with E-state index in [9.17, 15) is 4.79 Å². The molecule has 0 saturated heterocycles. The van der Waals surface area contributed by atoms with Crippen LogP contribution in [0.2, 0.25) is 0 Å². The first-order chi connectivity index (χ1) is 9.72. The predicted octanol–water partition coefficient (Wildman–Crippen LogP) is 2.83. The van der Waals surface area contributed by atoms with Crippen LogP contribution in [0.25, 0.3) is 0 Å². The van der Waals surface area contributed by atoms with Crippen LogP contribution in [0.1, 0.15) is 21.5 Å². The minimum Gasteiger partial charge on any atom is -0.338 e. The van der Waals surface area contributed by atoms with Gasteiger partial charge in [-0.25, -0.2) is 10.3 Å². The van der Waals surface area contributed by atoms with E-state index in [4.69, 9.17) is 17.7 Å². The second kappa shape index (κ2) is 6.13. The molecule has 3 nitrogen and oxygen atoms in total. The van der Waals surface area contributed by atoms with Gasteiger partial charge in [0.25, 0.3) is 0 Å². The summed E-state index contributed by atoms with van der Waals surface area (Å²) in [4.78, 5) is 16.7. The first-order valence-electron chi connectivity index (χ1n) is 5.83. The zero-order valence-corrected chi connectivity index (χ0v) is 10.6. The maximum atomic E-state index is 11.8. The molecule has 0 amide bonds. The van der Waals surface area contributed by atoms with Crippen LogP contribution in [-0.2, 0) is 4.84 Å². The summed E-state index contributed by atoms with van der Waals surface area (Å²) in [6.45, 7) is 0. The monoisotopic (exact) mass is 261 g/mol. The van der Waals surface area contributed by atoms with Gasteiger partial charge in [0.1, 0.15) is 0 Å². The van der Waals surface area contributed by atoms with Gasteiger partial charge in [-0.1, -0.05) is 11.8 Å². The van der Waals surface area contributed by atoms with Gasteiger partial charge in [0, 0.05) is 11.1 Å². The standard InChI is InChI=1S/C17H11NO2/c1-3-13-5-9-15(10-6-13)17(19)20-18-16-11-7-14(4-2)8-12-16/h1-2,5-12,18H. The van der Waals surface area contributed by atoms with Crippen LogP contribution < -0.4 is 5.48 Å². The van der Waals surface area contributed by atoms with Gasteiger partial charge in [-0.15, -0.1) is 12.8 Å². The van der Waals surface area contributed by atoms with E-state index in [1.807, 2.05) is 0 Å². The molecular formula is C17H11NO2. The van der Waals surface area contributed by atoms with E-state index in [-0.39, 0.29) is 0 Å². The quantitative estimate of drug-likeness (QED) is 0.682. The van der Waals surface area contributed by atoms with Gasteiger partial charge < -0.3 is 4.84 Å². The summed E-state index contributed by atoms with van der Waals surface area (Å²) in [5.41, 5.74) is 5.08. The molecule has 2 aromatic carbocycles. The molecule has 0 aliphatic rings. The summed E-state index contributed by atoms with van der Waals surface area (Å²) < 4.78 is 0. The zero-order chi connectivity index (χ0) is 14.4. The average molecular weight is 261 g/mol. The van der Waals surface area contributed by atoms with Crippen molar-refractivity contribution >= 4 is 11.7 Å². The molecule has 0 saturated carbocycles. The SMILES string of the molecule is C#Cc1ccc(NOC(=O)c2ccc(C#C)cc2)cc1. The van der Waals surface area contributed by atoms with E-state index in [2.05, 4.69) is 17.3 Å². The number of hydrogen-bond acceptors (Lipinski definition) is 3. The Labute approximate surface area is 117 Å². The highest BCUT2D eigenvalue weighted by atomic mass is 16.7. The maximum absolute atomic E-state index is 11.8. The number of carbonyl (C=O) groups excluding carboxylic acids is 1. The first-order valence-corrected chi connectivity index (χ1v) is 5.83. The summed E-state index contributed by atoms with van der Waals surface area (Å²) in [6.07, 6.45) is 10.5. The second-order valence-corrected chi connectivity index (χ2v) is 3.93. The molecule has 2 aromatic rings.